The van der Waals surface area contributed by atoms with E-state index >= 15 is 0 Å². The summed E-state index contributed by atoms with van der Waals surface area (Å²) in [4.78, 5) is 20.6. The third kappa shape index (κ3) is 4.53. The van der Waals surface area contributed by atoms with E-state index in [1.165, 1.54) is 6.20 Å². The predicted molar refractivity (Wildman–Crippen MR) is 92.2 cm³/mol. The Balaban J connectivity index is 2.10. The van der Waals surface area contributed by atoms with Crippen LogP contribution in [0, 0.1) is 6.92 Å². The second kappa shape index (κ2) is 6.44. The van der Waals surface area contributed by atoms with E-state index in [0.717, 1.165) is 10.0 Å². The van der Waals surface area contributed by atoms with Crippen LogP contribution < -0.4 is 10.6 Å². The second-order valence-corrected chi connectivity index (χ2v) is 6.95. The molecule has 0 radical (unpaired) electrons. The van der Waals surface area contributed by atoms with Crippen molar-refractivity contribution in [2.45, 2.75) is 33.2 Å². The smallest absolute Gasteiger partial charge is 0.275 e. The van der Waals surface area contributed by atoms with Gasteiger partial charge in [0, 0.05) is 10.0 Å². The van der Waals surface area contributed by atoms with Crippen LogP contribution in [0.15, 0.2) is 35.1 Å². The van der Waals surface area contributed by atoms with Crippen molar-refractivity contribution in [3.8, 4) is 0 Å². The fourth-order valence-corrected chi connectivity index (χ4v) is 2.39. The topological polar surface area (TPSA) is 66.9 Å². The maximum atomic E-state index is 12.2. The third-order valence-corrected chi connectivity index (χ3v) is 3.42. The Morgan fingerprint density at radius 2 is 1.91 bits per heavy atom. The van der Waals surface area contributed by atoms with E-state index in [1.54, 1.807) is 6.20 Å². The minimum atomic E-state index is -0.292. The first-order valence-electron chi connectivity index (χ1n) is 6.92. The SMILES string of the molecule is Cc1ccc(NC(=O)c2cnc(NC(C)(C)C)cn2)c(Br)c1. The third-order valence-electron chi connectivity index (χ3n) is 2.76. The molecule has 1 amide bonds. The van der Waals surface area contributed by atoms with Crippen LogP contribution in [0.2, 0.25) is 0 Å². The molecule has 2 rings (SSSR count). The number of halogens is 1. The minimum Gasteiger partial charge on any atom is -0.364 e. The largest absolute Gasteiger partial charge is 0.364 e. The Kier molecular flexibility index (Phi) is 4.81. The molecule has 0 aliphatic rings. The lowest BCUT2D eigenvalue weighted by Gasteiger charge is -2.20. The number of carbonyl (C=O) groups is 1. The number of nitrogens with zero attached hydrogens (tertiary/aromatic N) is 2. The number of aryl methyl sites for hydroxylation is 1. The average molecular weight is 363 g/mol. The highest BCUT2D eigenvalue weighted by Gasteiger charge is 2.13. The molecule has 0 spiro atoms. The average Bonchev–Trinajstić information content (AvgIpc) is 2.41. The number of carbonyl (C=O) groups excluding carboxylic acids is 1. The molecule has 2 N–H and O–H groups in total. The monoisotopic (exact) mass is 362 g/mol. The number of anilines is 2. The summed E-state index contributed by atoms with van der Waals surface area (Å²) < 4.78 is 0.833. The van der Waals surface area contributed by atoms with Crippen molar-refractivity contribution in [2.75, 3.05) is 10.6 Å². The Labute approximate surface area is 138 Å². The number of hydrogen-bond acceptors (Lipinski definition) is 4. The molecule has 22 heavy (non-hydrogen) atoms. The number of hydrogen-bond donors (Lipinski definition) is 2. The zero-order valence-electron chi connectivity index (χ0n) is 13.1. The molecule has 6 heteroatoms. The summed E-state index contributed by atoms with van der Waals surface area (Å²) in [5.74, 6) is 0.347. The standard InChI is InChI=1S/C16H19BrN4O/c1-10-5-6-12(11(17)7-10)20-15(22)13-8-19-14(9-18-13)21-16(2,3)4/h5-9H,1-4H3,(H,19,21)(H,20,22). The Hall–Kier alpha value is -1.95. The molecule has 0 fully saturated rings. The summed E-state index contributed by atoms with van der Waals surface area (Å²) in [5, 5.41) is 6.01. The van der Waals surface area contributed by atoms with Crippen LogP contribution in [-0.2, 0) is 0 Å². The normalized spacial score (nSPS) is 11.1. The molecule has 0 saturated carbocycles. The highest BCUT2D eigenvalue weighted by Crippen LogP contribution is 2.23. The molecule has 0 unspecified atom stereocenters. The lowest BCUT2D eigenvalue weighted by Crippen LogP contribution is -2.27. The van der Waals surface area contributed by atoms with Crippen LogP contribution in [0.3, 0.4) is 0 Å². The number of aromatic nitrogens is 2. The van der Waals surface area contributed by atoms with Gasteiger partial charge in [0.05, 0.1) is 18.1 Å². The van der Waals surface area contributed by atoms with Gasteiger partial charge in [0.2, 0.25) is 0 Å². The number of rotatable bonds is 3. The quantitative estimate of drug-likeness (QED) is 0.865. The first-order valence-corrected chi connectivity index (χ1v) is 7.72. The zero-order valence-corrected chi connectivity index (χ0v) is 14.7. The van der Waals surface area contributed by atoms with E-state index in [1.807, 2.05) is 45.9 Å². The van der Waals surface area contributed by atoms with E-state index in [0.29, 0.717) is 11.5 Å². The first kappa shape index (κ1) is 16.4. The molecule has 0 bridgehead atoms. The molecule has 0 atom stereocenters. The van der Waals surface area contributed by atoms with Gasteiger partial charge in [-0.05, 0) is 61.3 Å². The first-order chi connectivity index (χ1) is 10.2. The van der Waals surface area contributed by atoms with Crippen LogP contribution in [0.1, 0.15) is 36.8 Å². The zero-order chi connectivity index (χ0) is 16.3. The lowest BCUT2D eigenvalue weighted by atomic mass is 10.1. The van der Waals surface area contributed by atoms with Crippen molar-refractivity contribution < 1.29 is 4.79 Å². The molecule has 5 nitrogen and oxygen atoms in total. The second-order valence-electron chi connectivity index (χ2n) is 6.10. The van der Waals surface area contributed by atoms with Crippen molar-refractivity contribution in [1.82, 2.24) is 9.97 Å². The van der Waals surface area contributed by atoms with E-state index < -0.39 is 0 Å². The van der Waals surface area contributed by atoms with E-state index in [-0.39, 0.29) is 17.1 Å². The highest BCUT2D eigenvalue weighted by atomic mass is 79.9. The number of amides is 1. The molecule has 0 aliphatic carbocycles. The van der Waals surface area contributed by atoms with Gasteiger partial charge in [-0.2, -0.15) is 0 Å². The predicted octanol–water partition coefficient (Wildman–Crippen LogP) is 4.01. The molecule has 2 aromatic rings. The molecule has 0 aliphatic heterocycles. The Bertz CT molecular complexity index is 678. The van der Waals surface area contributed by atoms with Gasteiger partial charge in [0.1, 0.15) is 11.5 Å². The van der Waals surface area contributed by atoms with E-state index in [4.69, 9.17) is 0 Å². The van der Waals surface area contributed by atoms with Crippen LogP contribution >= 0.6 is 15.9 Å². The van der Waals surface area contributed by atoms with Crippen LogP contribution in [0.5, 0.6) is 0 Å². The molecule has 1 aromatic carbocycles. The summed E-state index contributed by atoms with van der Waals surface area (Å²) in [7, 11) is 0. The van der Waals surface area contributed by atoms with Gasteiger partial charge in [-0.25, -0.2) is 9.97 Å². The van der Waals surface area contributed by atoms with Crippen molar-refractivity contribution in [1.29, 1.82) is 0 Å². The van der Waals surface area contributed by atoms with Gasteiger partial charge in [0.15, 0.2) is 0 Å². The van der Waals surface area contributed by atoms with Gasteiger partial charge in [0.25, 0.3) is 5.91 Å². The van der Waals surface area contributed by atoms with Gasteiger partial charge in [-0.1, -0.05) is 6.07 Å². The van der Waals surface area contributed by atoms with Crippen LogP contribution in [0.4, 0.5) is 11.5 Å². The summed E-state index contributed by atoms with van der Waals surface area (Å²) in [6.45, 7) is 8.08. The van der Waals surface area contributed by atoms with Gasteiger partial charge < -0.3 is 10.6 Å². The summed E-state index contributed by atoms with van der Waals surface area (Å²) in [6, 6.07) is 5.72. The van der Waals surface area contributed by atoms with Crippen molar-refractivity contribution >= 4 is 33.3 Å². The Morgan fingerprint density at radius 3 is 2.45 bits per heavy atom. The molecule has 0 saturated heterocycles. The Morgan fingerprint density at radius 1 is 1.18 bits per heavy atom. The fourth-order valence-electron chi connectivity index (χ4n) is 1.80. The van der Waals surface area contributed by atoms with Crippen molar-refractivity contribution in [2.24, 2.45) is 0 Å². The maximum Gasteiger partial charge on any atom is 0.275 e. The highest BCUT2D eigenvalue weighted by molar-refractivity contribution is 9.10. The van der Waals surface area contributed by atoms with E-state index in [2.05, 4.69) is 36.5 Å². The summed E-state index contributed by atoms with van der Waals surface area (Å²) in [6.07, 6.45) is 3.02. The molecule has 1 aromatic heterocycles. The van der Waals surface area contributed by atoms with Gasteiger partial charge in [-0.15, -0.1) is 0 Å². The van der Waals surface area contributed by atoms with Crippen LogP contribution in [0.25, 0.3) is 0 Å². The molecular formula is C16H19BrN4O. The maximum absolute atomic E-state index is 12.2. The minimum absolute atomic E-state index is 0.106. The lowest BCUT2D eigenvalue weighted by molar-refractivity contribution is 0.102. The summed E-state index contributed by atoms with van der Waals surface area (Å²) in [5.41, 5.74) is 1.98. The van der Waals surface area contributed by atoms with Gasteiger partial charge in [-0.3, -0.25) is 4.79 Å². The molecule has 116 valence electrons. The summed E-state index contributed by atoms with van der Waals surface area (Å²) >= 11 is 3.43. The van der Waals surface area contributed by atoms with Crippen LogP contribution in [-0.4, -0.2) is 21.4 Å². The fraction of sp³-hybridized carbons (Fsp3) is 0.312. The number of nitrogens with one attached hydrogen (secondary N) is 2. The van der Waals surface area contributed by atoms with E-state index in [9.17, 15) is 4.79 Å². The molecular weight excluding hydrogens is 344 g/mol. The van der Waals surface area contributed by atoms with Crippen molar-refractivity contribution in [3.63, 3.8) is 0 Å². The van der Waals surface area contributed by atoms with Gasteiger partial charge >= 0.3 is 0 Å². The molecule has 1 heterocycles. The number of benzene rings is 1. The van der Waals surface area contributed by atoms with Crippen molar-refractivity contribution in [3.05, 3.63) is 46.3 Å².